The van der Waals surface area contributed by atoms with Gasteiger partial charge in [0.05, 0.1) is 18.3 Å². The van der Waals surface area contributed by atoms with Crippen molar-refractivity contribution in [1.82, 2.24) is 24.0 Å². The Bertz CT molecular complexity index is 1520. The third-order valence-electron chi connectivity index (χ3n) is 8.64. The average molecular weight is 471 g/mol. The molecule has 4 atom stereocenters. The zero-order chi connectivity index (χ0) is 24.1. The highest BCUT2D eigenvalue weighted by Crippen LogP contribution is 2.62. The van der Waals surface area contributed by atoms with Gasteiger partial charge in [-0.2, -0.15) is 0 Å². The van der Waals surface area contributed by atoms with Gasteiger partial charge in [0.25, 0.3) is 5.91 Å². The minimum absolute atomic E-state index is 0.0201. The molecule has 2 aliphatic carbocycles. The van der Waals surface area contributed by atoms with Crippen LogP contribution in [-0.2, 0) is 13.6 Å². The highest BCUT2D eigenvalue weighted by Gasteiger charge is 2.69. The number of carbonyl (C=O) groups is 1. The van der Waals surface area contributed by atoms with Crippen LogP contribution >= 0.6 is 0 Å². The largest absolute Gasteiger partial charge is 0.494 e. The first-order chi connectivity index (χ1) is 16.9. The van der Waals surface area contributed by atoms with Crippen molar-refractivity contribution in [2.75, 3.05) is 13.7 Å². The molecular weight excluding hydrogens is 440 g/mol. The van der Waals surface area contributed by atoms with Gasteiger partial charge in [0.2, 0.25) is 0 Å². The number of aryl methyl sites for hydroxylation is 2. The number of likely N-dealkylation sites (tertiary alicyclic amines) is 1. The highest BCUT2D eigenvalue weighted by molar-refractivity contribution is 6.00. The van der Waals surface area contributed by atoms with Crippen molar-refractivity contribution in [1.29, 1.82) is 0 Å². The second-order valence-corrected chi connectivity index (χ2v) is 10.6. The zero-order valence-electron chi connectivity index (χ0n) is 20.4. The van der Waals surface area contributed by atoms with Gasteiger partial charge in [-0.25, -0.2) is 9.97 Å². The number of hydrogen-bond acceptors (Lipinski definition) is 5. The smallest absolute Gasteiger partial charge is 0.254 e. The van der Waals surface area contributed by atoms with E-state index >= 15 is 0 Å². The van der Waals surface area contributed by atoms with E-state index in [1.54, 1.807) is 7.11 Å². The minimum atomic E-state index is -0.0201. The fourth-order valence-electron chi connectivity index (χ4n) is 7.14. The van der Waals surface area contributed by atoms with Crippen LogP contribution in [0.2, 0.25) is 0 Å². The Morgan fingerprint density at radius 1 is 1.29 bits per heavy atom. The van der Waals surface area contributed by atoms with E-state index in [0.717, 1.165) is 65.9 Å². The summed E-state index contributed by atoms with van der Waals surface area (Å²) in [7, 11) is 3.65. The summed E-state index contributed by atoms with van der Waals surface area (Å²) in [5.74, 6) is 2.59. The van der Waals surface area contributed by atoms with Crippen LogP contribution in [0.25, 0.3) is 33.6 Å². The van der Waals surface area contributed by atoms with Crippen LogP contribution in [0.1, 0.15) is 36.5 Å². The zero-order valence-corrected chi connectivity index (χ0v) is 20.4. The topological polar surface area (TPSA) is 91.2 Å². The lowest BCUT2D eigenvalue weighted by molar-refractivity contribution is -0.0494. The summed E-state index contributed by atoms with van der Waals surface area (Å²) in [6.45, 7) is 3.82. The van der Waals surface area contributed by atoms with Gasteiger partial charge < -0.3 is 24.5 Å². The van der Waals surface area contributed by atoms with Crippen molar-refractivity contribution < 1.29 is 9.53 Å². The first-order valence-corrected chi connectivity index (χ1v) is 12.5. The summed E-state index contributed by atoms with van der Waals surface area (Å²) in [6, 6.07) is 10.3. The molecule has 1 saturated heterocycles. The maximum absolute atomic E-state index is 13.6. The van der Waals surface area contributed by atoms with Crippen molar-refractivity contribution >= 4 is 28.0 Å². The molecule has 7 rings (SSSR count). The first-order valence-electron chi connectivity index (χ1n) is 12.5. The fourth-order valence-corrected chi connectivity index (χ4v) is 7.14. The Hall–Kier alpha value is -3.39. The second-order valence-electron chi connectivity index (χ2n) is 10.6. The molecule has 35 heavy (non-hydrogen) atoms. The number of fused-ring (bicyclic) bond motifs is 2. The monoisotopic (exact) mass is 470 g/mol. The van der Waals surface area contributed by atoms with E-state index in [9.17, 15) is 4.79 Å². The number of nitrogens with two attached hydrogens (primary N) is 1. The molecule has 2 saturated carbocycles. The Balaban J connectivity index is 1.33. The predicted molar refractivity (Wildman–Crippen MR) is 134 cm³/mol. The molecule has 2 N–H and O–H groups in total. The molecule has 8 heteroatoms. The molecule has 3 aromatic heterocycles. The summed E-state index contributed by atoms with van der Waals surface area (Å²) in [4.78, 5) is 25.3. The number of nitrogens with zero attached hydrogens (tertiary/aromatic N) is 5. The number of amides is 1. The minimum Gasteiger partial charge on any atom is -0.494 e. The summed E-state index contributed by atoms with van der Waals surface area (Å²) >= 11 is 0. The third-order valence-corrected chi connectivity index (χ3v) is 8.64. The van der Waals surface area contributed by atoms with Crippen molar-refractivity contribution in [3.63, 3.8) is 0 Å². The number of methoxy groups -OCH3 is 1. The lowest BCUT2D eigenvalue weighted by Gasteiger charge is -2.61. The van der Waals surface area contributed by atoms with E-state index in [2.05, 4.69) is 33.2 Å². The van der Waals surface area contributed by atoms with Crippen LogP contribution in [-0.4, -0.2) is 55.1 Å². The van der Waals surface area contributed by atoms with E-state index in [1.165, 1.54) is 0 Å². The average Bonchev–Trinajstić information content (AvgIpc) is 3.42. The standard InChI is InChI=1S/C27H30N6O2/c1-4-8-32-19(10-15-6-5-7-29-24(15)32)25-30-18-9-16(11-21(35-3)23(18)31(25)2)26(34)33-14-17-12-27(28)13-20(33)22(17)27/h5-7,9-11,17,20,22H,4,8,12-14,28H2,1-3H3/t17-,20-,22-,27+/m0/s1. The molecule has 8 nitrogen and oxygen atoms in total. The van der Waals surface area contributed by atoms with Gasteiger partial charge in [0, 0.05) is 54.8 Å². The third kappa shape index (κ3) is 2.68. The molecule has 0 bridgehead atoms. The number of ether oxygens (including phenoxy) is 1. The van der Waals surface area contributed by atoms with Crippen LogP contribution < -0.4 is 10.5 Å². The molecule has 3 fully saturated rings. The Morgan fingerprint density at radius 2 is 2.14 bits per heavy atom. The van der Waals surface area contributed by atoms with Crippen LogP contribution in [0.4, 0.5) is 0 Å². The molecule has 1 aromatic carbocycles. The van der Waals surface area contributed by atoms with E-state index in [-0.39, 0.29) is 17.5 Å². The fraction of sp³-hybridized carbons (Fsp3) is 0.444. The van der Waals surface area contributed by atoms with Crippen LogP contribution in [0, 0.1) is 11.8 Å². The van der Waals surface area contributed by atoms with Gasteiger partial charge in [0.1, 0.15) is 16.9 Å². The number of hydrogen-bond donors (Lipinski definition) is 1. The number of benzene rings is 1. The van der Waals surface area contributed by atoms with Crippen molar-refractivity contribution in [3.05, 3.63) is 42.1 Å². The predicted octanol–water partition coefficient (Wildman–Crippen LogP) is 3.57. The SMILES string of the molecule is CCCn1c(-c2nc3cc(C(=O)N4C[C@@H]5C[C@@]6(N)C[C@H]4[C@H]56)cc(OC)c3n2C)cc2cccnc21. The lowest BCUT2D eigenvalue weighted by atomic mass is 9.48. The Morgan fingerprint density at radius 3 is 2.89 bits per heavy atom. The normalized spacial score (nSPS) is 26.6. The van der Waals surface area contributed by atoms with Crippen molar-refractivity contribution in [2.45, 2.75) is 44.3 Å². The maximum atomic E-state index is 13.6. The molecule has 4 heterocycles. The molecule has 180 valence electrons. The van der Waals surface area contributed by atoms with Gasteiger partial charge in [-0.15, -0.1) is 0 Å². The molecule has 3 aliphatic rings. The number of imidazole rings is 1. The van der Waals surface area contributed by atoms with Crippen LogP contribution in [0.15, 0.2) is 36.5 Å². The van der Waals surface area contributed by atoms with E-state index in [0.29, 0.717) is 23.1 Å². The quantitative estimate of drug-likeness (QED) is 0.482. The summed E-state index contributed by atoms with van der Waals surface area (Å²) in [6.07, 6.45) is 4.78. The van der Waals surface area contributed by atoms with Gasteiger partial charge in [-0.1, -0.05) is 6.92 Å². The molecule has 4 aromatic rings. The maximum Gasteiger partial charge on any atom is 0.254 e. The molecule has 1 amide bonds. The van der Waals surface area contributed by atoms with Crippen LogP contribution in [0.5, 0.6) is 5.75 Å². The van der Waals surface area contributed by atoms with Gasteiger partial charge in [-0.3, -0.25) is 4.79 Å². The van der Waals surface area contributed by atoms with E-state index in [4.69, 9.17) is 15.5 Å². The summed E-state index contributed by atoms with van der Waals surface area (Å²) < 4.78 is 10.1. The Kier molecular flexibility index (Phi) is 4.23. The molecular formula is C27H30N6O2. The summed E-state index contributed by atoms with van der Waals surface area (Å²) in [5, 5.41) is 1.09. The molecule has 0 unspecified atom stereocenters. The molecule has 0 radical (unpaired) electrons. The number of carbonyl (C=O) groups excluding carboxylic acids is 1. The van der Waals surface area contributed by atoms with E-state index in [1.807, 2.05) is 36.3 Å². The number of pyridine rings is 1. The lowest BCUT2D eigenvalue weighted by Crippen LogP contribution is -2.72. The van der Waals surface area contributed by atoms with Gasteiger partial charge >= 0.3 is 0 Å². The first kappa shape index (κ1) is 20.9. The second kappa shape index (κ2) is 7.07. The van der Waals surface area contributed by atoms with Crippen LogP contribution in [0.3, 0.4) is 0 Å². The number of aromatic nitrogens is 4. The highest BCUT2D eigenvalue weighted by atomic mass is 16.5. The van der Waals surface area contributed by atoms with Crippen molar-refractivity contribution in [2.24, 2.45) is 24.6 Å². The van der Waals surface area contributed by atoms with Gasteiger partial charge in [0.15, 0.2) is 5.82 Å². The molecule has 0 spiro atoms. The molecule has 1 aliphatic heterocycles. The van der Waals surface area contributed by atoms with Gasteiger partial charge in [-0.05, 0) is 55.5 Å². The Labute approximate surface area is 203 Å². The van der Waals surface area contributed by atoms with E-state index < -0.39 is 0 Å². The van der Waals surface area contributed by atoms with Crippen molar-refractivity contribution in [3.8, 4) is 17.3 Å². The number of rotatable bonds is 5. The summed E-state index contributed by atoms with van der Waals surface area (Å²) in [5.41, 5.74) is 10.7.